The van der Waals surface area contributed by atoms with Gasteiger partial charge in [0, 0.05) is 57.8 Å². The summed E-state index contributed by atoms with van der Waals surface area (Å²) in [7, 11) is 0. The zero-order valence-electron chi connectivity index (χ0n) is 37.2. The molecular formula is C45H79N3O13. The average Bonchev–Trinajstić information content (AvgIpc) is 3.23. The fraction of sp³-hybridized carbons (Fsp3) is 0.844. The minimum atomic E-state index is -1.19. The molecule has 1 rings (SSSR count). The second kappa shape index (κ2) is 38.2. The number of carbonyl (C=O) groups excluding carboxylic acids is 5. The van der Waals surface area contributed by atoms with Crippen molar-refractivity contribution in [3.05, 3.63) is 0 Å². The van der Waals surface area contributed by atoms with Crippen LogP contribution in [0.4, 0.5) is 0 Å². The Balaban J connectivity index is 2.02. The molecule has 1 fully saturated rings. The van der Waals surface area contributed by atoms with Gasteiger partial charge in [-0.05, 0) is 45.4 Å². The summed E-state index contributed by atoms with van der Waals surface area (Å²) in [6, 6.07) is -1.16. The number of nitrogens with one attached hydrogen (secondary N) is 2. The number of nitrogens with zero attached hydrogens (tertiary/aromatic N) is 1. The molecule has 1 aliphatic rings. The van der Waals surface area contributed by atoms with E-state index in [1.54, 1.807) is 0 Å². The lowest BCUT2D eigenvalue weighted by Crippen LogP contribution is -2.47. The number of piperidine rings is 1. The van der Waals surface area contributed by atoms with E-state index in [1.165, 1.54) is 71.1 Å². The quantitative estimate of drug-likeness (QED) is 0.0533. The number of likely N-dealkylation sites (tertiary alicyclic amines) is 1. The van der Waals surface area contributed by atoms with Crippen molar-refractivity contribution in [2.45, 2.75) is 167 Å². The molecule has 16 heteroatoms. The molecule has 1 atom stereocenters. The van der Waals surface area contributed by atoms with E-state index in [0.29, 0.717) is 71.7 Å². The first-order valence-corrected chi connectivity index (χ1v) is 23.1. The summed E-state index contributed by atoms with van der Waals surface area (Å²) >= 11 is 0. The van der Waals surface area contributed by atoms with Gasteiger partial charge in [0.05, 0.1) is 33.0 Å². The third kappa shape index (κ3) is 33.8. The highest BCUT2D eigenvalue weighted by molar-refractivity contribution is 5.86. The number of carbonyl (C=O) groups is 7. The van der Waals surface area contributed by atoms with E-state index in [2.05, 4.69) is 10.6 Å². The molecule has 4 N–H and O–H groups in total. The summed E-state index contributed by atoms with van der Waals surface area (Å²) < 4.78 is 21.1. The van der Waals surface area contributed by atoms with Gasteiger partial charge in [-0.25, -0.2) is 4.79 Å². The maximum absolute atomic E-state index is 12.9. The maximum atomic E-state index is 12.9. The maximum Gasteiger partial charge on any atom is 0.326 e. The zero-order valence-corrected chi connectivity index (χ0v) is 37.2. The van der Waals surface area contributed by atoms with Gasteiger partial charge < -0.3 is 44.7 Å². The van der Waals surface area contributed by atoms with Crippen LogP contribution in [-0.4, -0.2) is 135 Å². The number of amides is 3. The second-order valence-corrected chi connectivity index (χ2v) is 16.2. The Morgan fingerprint density at radius 3 is 1.59 bits per heavy atom. The van der Waals surface area contributed by atoms with Gasteiger partial charge in [-0.15, -0.1) is 0 Å². The van der Waals surface area contributed by atoms with Crippen molar-refractivity contribution < 1.29 is 62.7 Å². The largest absolute Gasteiger partial charge is 0.481 e. The lowest BCUT2D eigenvalue weighted by Gasteiger charge is -2.32. The number of hydrogen-bond donors (Lipinski definition) is 4. The van der Waals surface area contributed by atoms with Gasteiger partial charge in [-0.1, -0.05) is 89.9 Å². The molecule has 0 aliphatic carbocycles. The van der Waals surface area contributed by atoms with Crippen LogP contribution in [0.25, 0.3) is 0 Å². The summed E-state index contributed by atoms with van der Waals surface area (Å²) in [5.41, 5.74) is 0. The molecule has 1 heterocycles. The molecule has 0 saturated carbocycles. The van der Waals surface area contributed by atoms with Crippen molar-refractivity contribution in [1.29, 1.82) is 0 Å². The zero-order chi connectivity index (χ0) is 44.8. The molecule has 1 saturated heterocycles. The molecule has 0 aromatic heterocycles. The minimum Gasteiger partial charge on any atom is -0.481 e. The van der Waals surface area contributed by atoms with Gasteiger partial charge in [0.15, 0.2) is 5.78 Å². The van der Waals surface area contributed by atoms with Crippen LogP contribution in [0.15, 0.2) is 0 Å². The van der Waals surface area contributed by atoms with Crippen molar-refractivity contribution in [2.75, 3.05) is 72.5 Å². The van der Waals surface area contributed by atoms with E-state index in [0.717, 1.165) is 38.5 Å². The molecular weight excluding hydrogens is 791 g/mol. The number of ketones is 2. The van der Waals surface area contributed by atoms with Crippen molar-refractivity contribution in [2.24, 2.45) is 5.92 Å². The molecule has 3 amide bonds. The molecule has 352 valence electrons. The number of carboxylic acid groups (broad SMARTS) is 2. The number of ether oxygens (including phenoxy) is 4. The minimum absolute atomic E-state index is 0.00252. The van der Waals surface area contributed by atoms with Crippen LogP contribution in [0.1, 0.15) is 161 Å². The smallest absolute Gasteiger partial charge is 0.326 e. The highest BCUT2D eigenvalue weighted by atomic mass is 16.5. The Kier molecular flexibility index (Phi) is 34.8. The second-order valence-electron chi connectivity index (χ2n) is 16.2. The molecule has 1 aliphatic heterocycles. The predicted molar refractivity (Wildman–Crippen MR) is 230 cm³/mol. The number of aliphatic carboxylic acids is 2. The molecule has 0 spiro atoms. The van der Waals surface area contributed by atoms with Crippen LogP contribution in [-0.2, 0) is 52.5 Å². The molecule has 0 radical (unpaired) electrons. The average molecular weight is 870 g/mol. The molecule has 1 unspecified atom stereocenters. The van der Waals surface area contributed by atoms with Gasteiger partial charge in [0.1, 0.15) is 25.0 Å². The van der Waals surface area contributed by atoms with Crippen molar-refractivity contribution in [1.82, 2.24) is 15.5 Å². The third-order valence-corrected chi connectivity index (χ3v) is 10.7. The van der Waals surface area contributed by atoms with E-state index in [-0.39, 0.29) is 87.3 Å². The topological polar surface area (TPSA) is 224 Å². The monoisotopic (exact) mass is 870 g/mol. The van der Waals surface area contributed by atoms with Crippen LogP contribution in [0, 0.1) is 5.92 Å². The van der Waals surface area contributed by atoms with Gasteiger partial charge >= 0.3 is 11.9 Å². The lowest BCUT2D eigenvalue weighted by molar-refractivity contribution is -0.143. The molecule has 0 bridgehead atoms. The fourth-order valence-corrected chi connectivity index (χ4v) is 7.06. The molecule has 0 aromatic rings. The van der Waals surface area contributed by atoms with Crippen LogP contribution in [0.3, 0.4) is 0 Å². The molecule has 61 heavy (non-hydrogen) atoms. The summed E-state index contributed by atoms with van der Waals surface area (Å²) in [5.74, 6) is -2.96. The van der Waals surface area contributed by atoms with Gasteiger partial charge in [0.25, 0.3) is 0 Å². The number of carboxylic acids is 2. The van der Waals surface area contributed by atoms with Crippen LogP contribution in [0.2, 0.25) is 0 Å². The predicted octanol–water partition coefficient (Wildman–Crippen LogP) is 5.80. The lowest BCUT2D eigenvalue weighted by atomic mass is 9.94. The third-order valence-electron chi connectivity index (χ3n) is 10.7. The number of unbranched alkanes of at least 4 members (excludes halogenated alkanes) is 15. The summed E-state index contributed by atoms with van der Waals surface area (Å²) in [6.07, 6.45) is 21.0. The van der Waals surface area contributed by atoms with E-state index >= 15 is 0 Å². The Labute approximate surface area is 364 Å². The summed E-state index contributed by atoms with van der Waals surface area (Å²) in [5, 5.41) is 23.6. The highest BCUT2D eigenvalue weighted by Gasteiger charge is 2.30. The first kappa shape index (κ1) is 55.5. The SMILES string of the molecule is CC(=O)COCCOCCNC(=O)COCCOCCCC(=O)CCC(NC(=O)C1CCN(C(=O)CCCCCCCCCCCCCCCCCCC(=O)O)CC1)C(=O)O. The first-order chi connectivity index (χ1) is 29.5. The number of hydrogen-bond acceptors (Lipinski definition) is 11. The molecule has 16 nitrogen and oxygen atoms in total. The number of rotatable bonds is 42. The summed E-state index contributed by atoms with van der Waals surface area (Å²) in [4.78, 5) is 84.9. The van der Waals surface area contributed by atoms with E-state index in [4.69, 9.17) is 24.1 Å². The van der Waals surface area contributed by atoms with E-state index in [9.17, 15) is 38.7 Å². The van der Waals surface area contributed by atoms with Crippen LogP contribution in [0.5, 0.6) is 0 Å². The van der Waals surface area contributed by atoms with Crippen LogP contribution >= 0.6 is 0 Å². The summed E-state index contributed by atoms with van der Waals surface area (Å²) in [6.45, 7) is 4.32. The van der Waals surface area contributed by atoms with Crippen molar-refractivity contribution in [3.8, 4) is 0 Å². The molecule has 0 aromatic carbocycles. The van der Waals surface area contributed by atoms with Crippen molar-refractivity contribution >= 4 is 41.2 Å². The Morgan fingerprint density at radius 2 is 1.07 bits per heavy atom. The standard InChI is InChI=1S/C45H79N3O13/c1-37(49)35-60-33-32-59-30-26-46-41(51)36-61-34-31-58-29-18-19-39(50)22-23-40(45(56)57)47-44(55)38-24-27-48(28-25-38)42(52)20-16-14-12-10-8-6-4-2-3-5-7-9-11-13-15-17-21-43(53)54/h38,40H,2-36H2,1H3,(H,46,51)(H,47,55)(H,53,54)(H,56,57). The Hall–Kier alpha value is -3.47. The first-order valence-electron chi connectivity index (χ1n) is 23.1. The van der Waals surface area contributed by atoms with Crippen LogP contribution < -0.4 is 10.6 Å². The highest BCUT2D eigenvalue weighted by Crippen LogP contribution is 2.20. The number of Topliss-reactive ketones (excluding diaryl/α,β-unsaturated/α-hetero) is 2. The van der Waals surface area contributed by atoms with Gasteiger partial charge in [-0.3, -0.25) is 28.8 Å². The van der Waals surface area contributed by atoms with E-state index < -0.39 is 18.0 Å². The fourth-order valence-electron chi connectivity index (χ4n) is 7.06. The Morgan fingerprint density at radius 1 is 0.574 bits per heavy atom. The van der Waals surface area contributed by atoms with E-state index in [1.807, 2.05) is 4.90 Å². The van der Waals surface area contributed by atoms with Crippen molar-refractivity contribution in [3.63, 3.8) is 0 Å². The normalized spacial score (nSPS) is 13.5. The van der Waals surface area contributed by atoms with Gasteiger partial charge in [-0.2, -0.15) is 0 Å². The Bertz CT molecular complexity index is 1230. The van der Waals surface area contributed by atoms with Gasteiger partial charge in [0.2, 0.25) is 17.7 Å².